The number of carbonyl (C=O) groups is 2. The zero-order valence-electron chi connectivity index (χ0n) is 20.6. The van der Waals surface area contributed by atoms with E-state index >= 15 is 0 Å². The van der Waals surface area contributed by atoms with Crippen LogP contribution >= 0.6 is 0 Å². The molecule has 2 aromatic carbocycles. The number of piperazine rings is 1. The molecule has 1 aliphatic rings. The van der Waals surface area contributed by atoms with Crippen LogP contribution in [0.15, 0.2) is 69.2 Å². The monoisotopic (exact) mass is 464 g/mol. The van der Waals surface area contributed by atoms with E-state index in [1.165, 1.54) is 0 Å². The molecule has 0 radical (unpaired) electrons. The summed E-state index contributed by atoms with van der Waals surface area (Å²) in [4.78, 5) is 29.5. The molecule has 1 saturated heterocycles. The molecule has 1 fully saturated rings. The number of hydrogen-bond acceptors (Lipinski definition) is 6. The Balaban J connectivity index is 1.67. The van der Waals surface area contributed by atoms with E-state index in [2.05, 4.69) is 20.7 Å². The van der Waals surface area contributed by atoms with E-state index in [0.29, 0.717) is 12.8 Å². The normalized spacial score (nSPS) is 18.9. The number of nitrogens with zero attached hydrogens (tertiary/aromatic N) is 8. The minimum Gasteiger partial charge on any atom is -0.332 e. The van der Waals surface area contributed by atoms with Gasteiger partial charge in [-0.2, -0.15) is 0 Å². The minimum atomic E-state index is -0.545. The van der Waals surface area contributed by atoms with Crippen LogP contribution in [0.1, 0.15) is 11.1 Å². The first kappa shape index (κ1) is 24.8. The van der Waals surface area contributed by atoms with E-state index < -0.39 is 12.1 Å². The molecule has 0 spiro atoms. The quantitative estimate of drug-likeness (QED) is 0.442. The lowest BCUT2D eigenvalue weighted by Gasteiger charge is -2.42. The summed E-state index contributed by atoms with van der Waals surface area (Å²) in [5, 5.41) is 19.4. The van der Waals surface area contributed by atoms with Gasteiger partial charge < -0.3 is 9.80 Å². The predicted octanol–water partition coefficient (Wildman–Crippen LogP) is 3.26. The van der Waals surface area contributed by atoms with Crippen LogP contribution in [0.25, 0.3) is 0 Å². The minimum absolute atomic E-state index is 0.0696. The van der Waals surface area contributed by atoms with Crippen molar-refractivity contribution in [2.75, 3.05) is 42.3 Å². The molecule has 0 aromatic heterocycles. The fourth-order valence-electron chi connectivity index (χ4n) is 3.68. The molecule has 2 amide bonds. The number of hydrogen-bond donors (Lipinski definition) is 0. The zero-order valence-corrected chi connectivity index (χ0v) is 20.6. The Bertz CT molecular complexity index is 962. The lowest BCUT2D eigenvalue weighted by atomic mass is 9.95. The second kappa shape index (κ2) is 10.9. The van der Waals surface area contributed by atoms with Crippen molar-refractivity contribution in [3.05, 3.63) is 59.7 Å². The Morgan fingerprint density at radius 1 is 0.647 bits per heavy atom. The van der Waals surface area contributed by atoms with Crippen LogP contribution in [0.4, 0.5) is 11.4 Å². The number of benzene rings is 2. The van der Waals surface area contributed by atoms with Crippen molar-refractivity contribution >= 4 is 23.2 Å². The van der Waals surface area contributed by atoms with E-state index in [1.54, 1.807) is 62.1 Å². The third-order valence-corrected chi connectivity index (χ3v) is 5.61. The van der Waals surface area contributed by atoms with Gasteiger partial charge in [0.2, 0.25) is 11.8 Å². The second-order valence-electron chi connectivity index (χ2n) is 8.74. The molecule has 0 bridgehead atoms. The van der Waals surface area contributed by atoms with Gasteiger partial charge in [0.05, 0.1) is 11.4 Å². The molecule has 0 aliphatic carbocycles. The summed E-state index contributed by atoms with van der Waals surface area (Å²) in [5.74, 6) is -0.139. The van der Waals surface area contributed by atoms with Gasteiger partial charge in [0.15, 0.2) is 0 Å². The molecule has 2 aromatic rings. The van der Waals surface area contributed by atoms with Crippen LogP contribution in [-0.2, 0) is 22.4 Å². The zero-order chi connectivity index (χ0) is 24.8. The molecule has 10 nitrogen and oxygen atoms in total. The van der Waals surface area contributed by atoms with Crippen LogP contribution in [0.2, 0.25) is 0 Å². The molecule has 0 N–H and O–H groups in total. The molecule has 0 saturated carbocycles. The van der Waals surface area contributed by atoms with Gasteiger partial charge in [-0.1, -0.05) is 34.7 Å². The summed E-state index contributed by atoms with van der Waals surface area (Å²) < 4.78 is 0. The smallest absolute Gasteiger partial charge is 0.246 e. The molecule has 2 atom stereocenters. The predicted molar refractivity (Wildman–Crippen MR) is 130 cm³/mol. The first-order valence-corrected chi connectivity index (χ1v) is 11.0. The van der Waals surface area contributed by atoms with Gasteiger partial charge in [0.1, 0.15) is 12.1 Å². The van der Waals surface area contributed by atoms with Gasteiger partial charge in [-0.3, -0.25) is 19.6 Å². The molecule has 1 heterocycles. The summed E-state index contributed by atoms with van der Waals surface area (Å²) in [7, 11) is 10.6. The van der Waals surface area contributed by atoms with Crippen LogP contribution in [0, 0.1) is 0 Å². The van der Waals surface area contributed by atoms with Crippen LogP contribution < -0.4 is 0 Å². The van der Waals surface area contributed by atoms with Crippen molar-refractivity contribution in [2.24, 2.45) is 20.7 Å². The van der Waals surface area contributed by atoms with Crippen molar-refractivity contribution in [1.82, 2.24) is 19.8 Å². The SMILES string of the molecule is CN(C)N=Nc1ccc(C[C@H]2C(=O)N(C)[C@@H](Cc3ccc(N=NN(C)C)cc3)C(=O)N2C)cc1. The highest BCUT2D eigenvalue weighted by atomic mass is 16.2. The van der Waals surface area contributed by atoms with Gasteiger partial charge in [0.25, 0.3) is 0 Å². The van der Waals surface area contributed by atoms with Crippen LogP contribution in [0.5, 0.6) is 0 Å². The Morgan fingerprint density at radius 2 is 0.971 bits per heavy atom. The number of amides is 2. The second-order valence-corrected chi connectivity index (χ2v) is 8.74. The third-order valence-electron chi connectivity index (χ3n) is 5.61. The molecular formula is C24H32N8O2. The van der Waals surface area contributed by atoms with E-state index in [-0.39, 0.29) is 11.8 Å². The average molecular weight is 465 g/mol. The Hall–Kier alpha value is -3.82. The van der Waals surface area contributed by atoms with Crippen molar-refractivity contribution in [3.8, 4) is 0 Å². The highest BCUT2D eigenvalue weighted by molar-refractivity contribution is 5.97. The first-order chi connectivity index (χ1) is 16.2. The first-order valence-electron chi connectivity index (χ1n) is 11.0. The summed E-state index contributed by atoms with van der Waals surface area (Å²) in [5.41, 5.74) is 3.36. The fourth-order valence-corrected chi connectivity index (χ4v) is 3.68. The standard InChI is InChI=1S/C24H32N8O2/c1-29(2)27-25-19-11-7-17(8-12-19)15-21-23(33)32(6)22(24(34)31(21)5)16-18-9-13-20(14-10-18)26-28-30(3)4/h7-14,21-22H,15-16H2,1-6H3/t21-,22-/m0/s1. The summed E-state index contributed by atoms with van der Waals surface area (Å²) in [6.45, 7) is 0. The van der Waals surface area contributed by atoms with E-state index in [0.717, 1.165) is 22.5 Å². The van der Waals surface area contributed by atoms with Gasteiger partial charge >= 0.3 is 0 Å². The van der Waals surface area contributed by atoms with Crippen molar-refractivity contribution in [1.29, 1.82) is 0 Å². The molecule has 1 aliphatic heterocycles. The molecule has 34 heavy (non-hydrogen) atoms. The largest absolute Gasteiger partial charge is 0.332 e. The topological polar surface area (TPSA) is 96.5 Å². The van der Waals surface area contributed by atoms with Crippen molar-refractivity contribution in [2.45, 2.75) is 24.9 Å². The molecule has 0 unspecified atom stereocenters. The van der Waals surface area contributed by atoms with Crippen molar-refractivity contribution < 1.29 is 9.59 Å². The van der Waals surface area contributed by atoms with Gasteiger partial charge in [-0.05, 0) is 35.4 Å². The maximum atomic E-state index is 13.2. The Labute approximate surface area is 200 Å². The van der Waals surface area contributed by atoms with E-state index in [4.69, 9.17) is 0 Å². The van der Waals surface area contributed by atoms with Crippen LogP contribution in [-0.4, -0.2) is 86.0 Å². The highest BCUT2D eigenvalue weighted by Crippen LogP contribution is 2.24. The number of rotatable bonds is 8. The number of likely N-dealkylation sites (N-methyl/N-ethyl adjacent to an activating group) is 2. The van der Waals surface area contributed by atoms with Crippen molar-refractivity contribution in [3.63, 3.8) is 0 Å². The van der Waals surface area contributed by atoms with Gasteiger partial charge in [-0.25, -0.2) is 0 Å². The highest BCUT2D eigenvalue weighted by Gasteiger charge is 2.42. The molecular weight excluding hydrogens is 432 g/mol. The number of carbonyl (C=O) groups excluding carboxylic acids is 2. The fraction of sp³-hybridized carbons (Fsp3) is 0.417. The maximum absolute atomic E-state index is 13.2. The van der Waals surface area contributed by atoms with E-state index in [9.17, 15) is 9.59 Å². The lowest BCUT2D eigenvalue weighted by Crippen LogP contribution is -2.63. The maximum Gasteiger partial charge on any atom is 0.246 e. The van der Waals surface area contributed by atoms with Gasteiger partial charge in [0, 0.05) is 55.1 Å². The molecule has 10 heteroatoms. The Morgan fingerprint density at radius 3 is 1.26 bits per heavy atom. The summed E-state index contributed by atoms with van der Waals surface area (Å²) >= 11 is 0. The van der Waals surface area contributed by atoms with E-state index in [1.807, 2.05) is 48.5 Å². The van der Waals surface area contributed by atoms with Gasteiger partial charge in [-0.15, -0.1) is 10.2 Å². The third kappa shape index (κ3) is 6.15. The molecule has 180 valence electrons. The summed E-state index contributed by atoms with van der Waals surface area (Å²) in [6, 6.07) is 14.0. The average Bonchev–Trinajstić information content (AvgIpc) is 2.82. The Kier molecular flexibility index (Phi) is 7.93. The molecule has 3 rings (SSSR count). The lowest BCUT2D eigenvalue weighted by molar-refractivity contribution is -0.158. The summed E-state index contributed by atoms with van der Waals surface area (Å²) in [6.07, 6.45) is 0.879. The van der Waals surface area contributed by atoms with Crippen LogP contribution in [0.3, 0.4) is 0 Å².